The summed E-state index contributed by atoms with van der Waals surface area (Å²) in [6.45, 7) is 1.96. The zero-order valence-corrected chi connectivity index (χ0v) is 15.5. The first kappa shape index (κ1) is 17.9. The van der Waals surface area contributed by atoms with Gasteiger partial charge in [0, 0.05) is 35.2 Å². The van der Waals surface area contributed by atoms with Crippen LogP contribution in [0.4, 0.5) is 5.82 Å². The fourth-order valence-corrected chi connectivity index (χ4v) is 3.49. The number of rotatable bonds is 5. The van der Waals surface area contributed by atoms with Crippen molar-refractivity contribution in [2.45, 2.75) is 12.8 Å². The standard InChI is InChI=1S/C23H21N3O2/c24-22(28)17-9-7-16(8-10-17)21(27)12-11-19-15-18-5-1-2-6-20(18)25-23(19)26-13-3-4-14-26/h1-2,5-12,15H,3-4,13-14H2,(H2,24,28). The van der Waals surface area contributed by atoms with Gasteiger partial charge in [0.25, 0.3) is 0 Å². The Balaban J connectivity index is 1.66. The van der Waals surface area contributed by atoms with Gasteiger partial charge in [-0.3, -0.25) is 9.59 Å². The van der Waals surface area contributed by atoms with Crippen LogP contribution >= 0.6 is 0 Å². The number of anilines is 1. The van der Waals surface area contributed by atoms with E-state index >= 15 is 0 Å². The van der Waals surface area contributed by atoms with E-state index in [0.717, 1.165) is 48.2 Å². The predicted octanol–water partition coefficient (Wildman–Crippen LogP) is 3.83. The Kier molecular flexibility index (Phi) is 4.89. The van der Waals surface area contributed by atoms with Crippen molar-refractivity contribution in [3.05, 3.63) is 77.4 Å². The van der Waals surface area contributed by atoms with Gasteiger partial charge in [-0.1, -0.05) is 30.3 Å². The lowest BCUT2D eigenvalue weighted by molar-refractivity contribution is 0.0997. The summed E-state index contributed by atoms with van der Waals surface area (Å²) in [4.78, 5) is 30.9. The monoisotopic (exact) mass is 371 g/mol. The van der Waals surface area contributed by atoms with Gasteiger partial charge in [0.2, 0.25) is 5.91 Å². The number of aromatic nitrogens is 1. The van der Waals surface area contributed by atoms with Crippen molar-refractivity contribution in [3.63, 3.8) is 0 Å². The van der Waals surface area contributed by atoms with Crippen LogP contribution in [0.25, 0.3) is 17.0 Å². The fourth-order valence-electron chi connectivity index (χ4n) is 3.49. The molecule has 0 atom stereocenters. The Morgan fingerprint density at radius 2 is 1.64 bits per heavy atom. The average molecular weight is 371 g/mol. The summed E-state index contributed by atoms with van der Waals surface area (Å²) in [6, 6.07) is 16.4. The van der Waals surface area contributed by atoms with Crippen molar-refractivity contribution in [1.29, 1.82) is 0 Å². The van der Waals surface area contributed by atoms with Crippen LogP contribution < -0.4 is 10.6 Å². The number of carbonyl (C=O) groups is 2. The molecule has 1 fully saturated rings. The summed E-state index contributed by atoms with van der Waals surface area (Å²) < 4.78 is 0. The van der Waals surface area contributed by atoms with Crippen molar-refractivity contribution in [1.82, 2.24) is 4.98 Å². The SMILES string of the molecule is NC(=O)c1ccc(C(=O)C=Cc2cc3ccccc3nc2N2CCCC2)cc1. The highest BCUT2D eigenvalue weighted by molar-refractivity contribution is 6.07. The number of ketones is 1. The third-order valence-electron chi connectivity index (χ3n) is 5.01. The molecule has 5 heteroatoms. The summed E-state index contributed by atoms with van der Waals surface area (Å²) in [5, 5.41) is 1.04. The Hall–Kier alpha value is -3.47. The smallest absolute Gasteiger partial charge is 0.248 e. The van der Waals surface area contributed by atoms with E-state index in [-0.39, 0.29) is 5.78 Å². The van der Waals surface area contributed by atoms with Gasteiger partial charge >= 0.3 is 0 Å². The lowest BCUT2D eigenvalue weighted by atomic mass is 10.1. The van der Waals surface area contributed by atoms with Gasteiger partial charge < -0.3 is 10.6 Å². The maximum Gasteiger partial charge on any atom is 0.248 e. The van der Waals surface area contributed by atoms with Crippen LogP contribution in [-0.4, -0.2) is 29.8 Å². The van der Waals surface area contributed by atoms with Crippen LogP contribution in [0.5, 0.6) is 0 Å². The van der Waals surface area contributed by atoms with Crippen LogP contribution in [-0.2, 0) is 0 Å². The van der Waals surface area contributed by atoms with Crippen LogP contribution in [0.1, 0.15) is 39.1 Å². The zero-order chi connectivity index (χ0) is 19.5. The highest BCUT2D eigenvalue weighted by atomic mass is 16.1. The van der Waals surface area contributed by atoms with E-state index in [9.17, 15) is 9.59 Å². The van der Waals surface area contributed by atoms with Crippen LogP contribution in [0.3, 0.4) is 0 Å². The Bertz CT molecular complexity index is 1060. The molecule has 4 rings (SSSR count). The number of amides is 1. The summed E-state index contributed by atoms with van der Waals surface area (Å²) in [5.41, 5.74) is 8.03. The van der Waals surface area contributed by atoms with Gasteiger partial charge in [-0.05, 0) is 49.3 Å². The number of nitrogens with two attached hydrogens (primary N) is 1. The number of para-hydroxylation sites is 1. The molecule has 5 nitrogen and oxygen atoms in total. The maximum atomic E-state index is 12.6. The number of primary amides is 1. The minimum absolute atomic E-state index is 0.128. The lowest BCUT2D eigenvalue weighted by Crippen LogP contribution is -2.20. The molecule has 0 bridgehead atoms. The maximum absolute atomic E-state index is 12.6. The number of hydrogen-bond donors (Lipinski definition) is 1. The molecular formula is C23H21N3O2. The van der Waals surface area contributed by atoms with E-state index in [0.29, 0.717) is 11.1 Å². The number of allylic oxidation sites excluding steroid dienone is 1. The molecule has 3 aromatic rings. The number of benzene rings is 2. The molecule has 1 aromatic heterocycles. The van der Waals surface area contributed by atoms with Crippen molar-refractivity contribution in [3.8, 4) is 0 Å². The second kappa shape index (κ2) is 7.64. The van der Waals surface area contributed by atoms with Crippen molar-refractivity contribution < 1.29 is 9.59 Å². The van der Waals surface area contributed by atoms with Gasteiger partial charge in [0.05, 0.1) is 5.52 Å². The number of nitrogens with zero attached hydrogens (tertiary/aromatic N) is 2. The fraction of sp³-hybridized carbons (Fsp3) is 0.174. The molecule has 0 radical (unpaired) electrons. The zero-order valence-electron chi connectivity index (χ0n) is 15.5. The first-order chi connectivity index (χ1) is 13.6. The molecule has 1 saturated heterocycles. The topological polar surface area (TPSA) is 76.3 Å². The van der Waals surface area contributed by atoms with Gasteiger partial charge in [-0.15, -0.1) is 0 Å². The Morgan fingerprint density at radius 3 is 2.36 bits per heavy atom. The minimum atomic E-state index is -0.507. The average Bonchev–Trinajstić information content (AvgIpc) is 3.26. The summed E-state index contributed by atoms with van der Waals surface area (Å²) in [5.74, 6) is 0.285. The highest BCUT2D eigenvalue weighted by Crippen LogP contribution is 2.27. The van der Waals surface area contributed by atoms with Crippen LogP contribution in [0.2, 0.25) is 0 Å². The van der Waals surface area contributed by atoms with Gasteiger partial charge in [-0.2, -0.15) is 0 Å². The molecule has 1 aliphatic heterocycles. The first-order valence-corrected chi connectivity index (χ1v) is 9.39. The molecule has 1 amide bonds. The van der Waals surface area contributed by atoms with E-state index in [1.165, 1.54) is 0 Å². The summed E-state index contributed by atoms with van der Waals surface area (Å²) in [6.07, 6.45) is 5.70. The molecular weight excluding hydrogens is 350 g/mol. The Morgan fingerprint density at radius 1 is 0.964 bits per heavy atom. The molecule has 2 aromatic carbocycles. The summed E-state index contributed by atoms with van der Waals surface area (Å²) >= 11 is 0. The molecule has 0 unspecified atom stereocenters. The number of pyridine rings is 1. The van der Waals surface area contributed by atoms with Crippen molar-refractivity contribution in [2.24, 2.45) is 5.73 Å². The first-order valence-electron chi connectivity index (χ1n) is 9.39. The van der Waals surface area contributed by atoms with Crippen LogP contribution in [0.15, 0.2) is 60.7 Å². The Labute approximate surface area is 163 Å². The van der Waals surface area contributed by atoms with Crippen molar-refractivity contribution in [2.75, 3.05) is 18.0 Å². The van der Waals surface area contributed by atoms with Gasteiger partial charge in [0.1, 0.15) is 5.82 Å². The number of fused-ring (bicyclic) bond motifs is 1. The normalized spacial score (nSPS) is 14.1. The molecule has 1 aliphatic rings. The van der Waals surface area contributed by atoms with Gasteiger partial charge in [-0.25, -0.2) is 4.98 Å². The third-order valence-corrected chi connectivity index (χ3v) is 5.01. The van der Waals surface area contributed by atoms with E-state index in [1.807, 2.05) is 30.3 Å². The molecule has 0 spiro atoms. The van der Waals surface area contributed by atoms with Gasteiger partial charge in [0.15, 0.2) is 5.78 Å². The van der Waals surface area contributed by atoms with Crippen molar-refractivity contribution >= 4 is 34.5 Å². The highest BCUT2D eigenvalue weighted by Gasteiger charge is 2.17. The molecule has 0 aliphatic carbocycles. The molecule has 2 N–H and O–H groups in total. The second-order valence-electron chi connectivity index (χ2n) is 6.93. The molecule has 2 heterocycles. The summed E-state index contributed by atoms with van der Waals surface area (Å²) in [7, 11) is 0. The minimum Gasteiger partial charge on any atom is -0.366 e. The predicted molar refractivity (Wildman–Crippen MR) is 112 cm³/mol. The van der Waals surface area contributed by atoms with E-state index in [4.69, 9.17) is 10.7 Å². The third kappa shape index (κ3) is 3.64. The molecule has 0 saturated carbocycles. The van der Waals surface area contributed by atoms with E-state index in [2.05, 4.69) is 11.0 Å². The second-order valence-corrected chi connectivity index (χ2v) is 6.93. The quantitative estimate of drug-likeness (QED) is 0.546. The molecule has 28 heavy (non-hydrogen) atoms. The number of carbonyl (C=O) groups excluding carboxylic acids is 2. The largest absolute Gasteiger partial charge is 0.366 e. The van der Waals surface area contributed by atoms with E-state index < -0.39 is 5.91 Å². The lowest BCUT2D eigenvalue weighted by Gasteiger charge is -2.19. The molecule has 140 valence electrons. The van der Waals surface area contributed by atoms with Crippen LogP contribution in [0, 0.1) is 0 Å². The number of hydrogen-bond acceptors (Lipinski definition) is 4. The van der Waals surface area contributed by atoms with E-state index in [1.54, 1.807) is 30.3 Å².